The number of piperidine rings is 1. The summed E-state index contributed by atoms with van der Waals surface area (Å²) in [6, 6.07) is 0. The van der Waals surface area contributed by atoms with E-state index in [2.05, 4.69) is 11.6 Å². The molecule has 0 aromatic heterocycles. The van der Waals surface area contributed by atoms with Crippen molar-refractivity contribution in [1.29, 1.82) is 0 Å². The molecule has 1 fully saturated rings. The van der Waals surface area contributed by atoms with Crippen molar-refractivity contribution in [3.63, 3.8) is 0 Å². The third-order valence-electron chi connectivity index (χ3n) is 2.06. The van der Waals surface area contributed by atoms with Gasteiger partial charge in [-0.15, -0.1) is 0 Å². The van der Waals surface area contributed by atoms with E-state index in [0.717, 1.165) is 31.7 Å². The zero-order chi connectivity index (χ0) is 8.10. The highest BCUT2D eigenvalue weighted by atomic mass is 32.2. The van der Waals surface area contributed by atoms with Gasteiger partial charge in [0.05, 0.1) is 0 Å². The number of hydrogen-bond acceptors (Lipinski definition) is 3. The maximum Gasteiger partial charge on any atom is 0.138 e. The Morgan fingerprint density at radius 2 is 2.55 bits per heavy atom. The van der Waals surface area contributed by atoms with E-state index in [0.29, 0.717) is 11.7 Å². The van der Waals surface area contributed by atoms with E-state index in [4.69, 9.17) is 0 Å². The van der Waals surface area contributed by atoms with E-state index >= 15 is 0 Å². The van der Waals surface area contributed by atoms with Crippen molar-refractivity contribution < 1.29 is 4.79 Å². The predicted octanol–water partition coefficient (Wildman–Crippen LogP) is 0.918. The number of Topliss-reactive ketones (excluding diaryl/α,β-unsaturated/α-hetero) is 1. The van der Waals surface area contributed by atoms with Crippen LogP contribution in [0.3, 0.4) is 0 Å². The minimum absolute atomic E-state index is 0.302. The lowest BCUT2D eigenvalue weighted by Gasteiger charge is -2.20. The van der Waals surface area contributed by atoms with Gasteiger partial charge in [0.25, 0.3) is 0 Å². The summed E-state index contributed by atoms with van der Waals surface area (Å²) in [6.45, 7) is 1.79. The number of rotatable bonds is 3. The fraction of sp³-hybridized carbons (Fsp3) is 0.875. The Balaban J connectivity index is 2.24. The molecule has 2 nitrogen and oxygen atoms in total. The van der Waals surface area contributed by atoms with E-state index in [1.54, 1.807) is 0 Å². The average Bonchev–Trinajstić information content (AvgIpc) is 2.03. The van der Waals surface area contributed by atoms with Gasteiger partial charge in [0.2, 0.25) is 0 Å². The zero-order valence-corrected chi connectivity index (χ0v) is 7.75. The lowest BCUT2D eigenvalue weighted by Crippen LogP contribution is -2.37. The highest BCUT2D eigenvalue weighted by Gasteiger charge is 2.20. The van der Waals surface area contributed by atoms with Gasteiger partial charge in [0, 0.05) is 25.4 Å². The minimum Gasteiger partial charge on any atom is -0.316 e. The molecule has 0 spiro atoms. The minimum atomic E-state index is 0.302. The van der Waals surface area contributed by atoms with E-state index < -0.39 is 0 Å². The third kappa shape index (κ3) is 2.83. The van der Waals surface area contributed by atoms with Gasteiger partial charge in [-0.25, -0.2) is 0 Å². The highest BCUT2D eigenvalue weighted by Crippen LogP contribution is 2.12. The zero-order valence-electron chi connectivity index (χ0n) is 6.93. The van der Waals surface area contributed by atoms with Gasteiger partial charge in [-0.2, -0.15) is 11.8 Å². The Morgan fingerprint density at radius 1 is 1.73 bits per heavy atom. The van der Waals surface area contributed by atoms with E-state index in [9.17, 15) is 4.79 Å². The summed E-state index contributed by atoms with van der Waals surface area (Å²) in [5, 5.41) is 3.24. The Hall–Kier alpha value is -0.0200. The molecule has 1 rings (SSSR count). The number of ketones is 1. The van der Waals surface area contributed by atoms with Gasteiger partial charge in [0.15, 0.2) is 0 Å². The van der Waals surface area contributed by atoms with Crippen LogP contribution < -0.4 is 5.32 Å². The van der Waals surface area contributed by atoms with E-state index in [1.165, 1.54) is 0 Å². The first-order chi connectivity index (χ1) is 5.34. The third-order valence-corrected chi connectivity index (χ3v) is 2.71. The van der Waals surface area contributed by atoms with Gasteiger partial charge in [-0.05, 0) is 18.4 Å². The second-order valence-corrected chi connectivity index (χ2v) is 3.88. The van der Waals surface area contributed by atoms with E-state index in [1.807, 2.05) is 11.8 Å². The van der Waals surface area contributed by atoms with Gasteiger partial charge in [0.1, 0.15) is 5.78 Å². The summed E-state index contributed by atoms with van der Waals surface area (Å²) in [7, 11) is 0. The summed E-state index contributed by atoms with van der Waals surface area (Å²) >= 11 is 1.82. The van der Waals surface area contributed by atoms with Crippen LogP contribution in [0.5, 0.6) is 0 Å². The quantitative estimate of drug-likeness (QED) is 0.688. The molecule has 0 saturated carbocycles. The Bertz CT molecular complexity index is 138. The summed E-state index contributed by atoms with van der Waals surface area (Å²) in [5.41, 5.74) is 0. The molecule has 1 heterocycles. The fourth-order valence-corrected chi connectivity index (χ4v) is 1.85. The monoisotopic (exact) mass is 173 g/mol. The average molecular weight is 173 g/mol. The van der Waals surface area contributed by atoms with Crippen molar-refractivity contribution >= 4 is 17.5 Å². The molecule has 0 bridgehead atoms. The molecule has 11 heavy (non-hydrogen) atoms. The molecule has 1 atom stereocenters. The highest BCUT2D eigenvalue weighted by molar-refractivity contribution is 7.98. The van der Waals surface area contributed by atoms with Crippen molar-refractivity contribution in [3.8, 4) is 0 Å². The molecule has 1 unspecified atom stereocenters. The Kier molecular flexibility index (Phi) is 3.94. The fourth-order valence-electron chi connectivity index (χ4n) is 1.33. The SMILES string of the molecule is CSCCC1CNCCC1=O. The number of hydrogen-bond donors (Lipinski definition) is 1. The maximum absolute atomic E-state index is 11.3. The lowest BCUT2D eigenvalue weighted by atomic mass is 9.96. The molecule has 0 amide bonds. The Morgan fingerprint density at radius 3 is 3.18 bits per heavy atom. The van der Waals surface area contributed by atoms with Crippen LogP contribution in [0, 0.1) is 5.92 Å². The second-order valence-electron chi connectivity index (χ2n) is 2.90. The van der Waals surface area contributed by atoms with Crippen LogP contribution in [-0.2, 0) is 4.79 Å². The summed E-state index contributed by atoms with van der Waals surface area (Å²) < 4.78 is 0. The van der Waals surface area contributed by atoms with Gasteiger partial charge >= 0.3 is 0 Å². The largest absolute Gasteiger partial charge is 0.316 e. The molecule has 0 aliphatic carbocycles. The molecule has 64 valence electrons. The summed E-state index contributed by atoms with van der Waals surface area (Å²) in [6.07, 6.45) is 3.87. The topological polar surface area (TPSA) is 29.1 Å². The van der Waals surface area contributed by atoms with Crippen molar-refractivity contribution in [3.05, 3.63) is 0 Å². The molecule has 1 saturated heterocycles. The molecule has 0 aromatic carbocycles. The lowest BCUT2D eigenvalue weighted by molar-refractivity contribution is -0.123. The van der Waals surface area contributed by atoms with Crippen molar-refractivity contribution in [2.75, 3.05) is 25.1 Å². The van der Waals surface area contributed by atoms with Crippen LogP contribution in [0.1, 0.15) is 12.8 Å². The van der Waals surface area contributed by atoms with Crippen LogP contribution >= 0.6 is 11.8 Å². The maximum atomic E-state index is 11.3. The van der Waals surface area contributed by atoms with Crippen LogP contribution in [0.4, 0.5) is 0 Å². The smallest absolute Gasteiger partial charge is 0.138 e. The predicted molar refractivity (Wildman–Crippen MR) is 49.0 cm³/mol. The molecular formula is C8H15NOS. The molecule has 1 N–H and O–H groups in total. The van der Waals surface area contributed by atoms with Gasteiger partial charge in [-0.1, -0.05) is 0 Å². The van der Waals surface area contributed by atoms with Crippen molar-refractivity contribution in [2.24, 2.45) is 5.92 Å². The second kappa shape index (κ2) is 4.78. The van der Waals surface area contributed by atoms with Crippen molar-refractivity contribution in [2.45, 2.75) is 12.8 Å². The summed E-state index contributed by atoms with van der Waals surface area (Å²) in [5.74, 6) is 1.87. The molecule has 0 aromatic rings. The van der Waals surface area contributed by atoms with E-state index in [-0.39, 0.29) is 0 Å². The first kappa shape index (κ1) is 9.07. The van der Waals surface area contributed by atoms with Crippen LogP contribution in [0.15, 0.2) is 0 Å². The van der Waals surface area contributed by atoms with Crippen LogP contribution in [0.25, 0.3) is 0 Å². The number of carbonyl (C=O) groups excluding carboxylic acids is 1. The molecule has 1 aliphatic rings. The number of carbonyl (C=O) groups is 1. The number of thioether (sulfide) groups is 1. The first-order valence-corrected chi connectivity index (χ1v) is 5.46. The summed E-state index contributed by atoms with van der Waals surface area (Å²) in [4.78, 5) is 11.3. The molecule has 0 radical (unpaired) electrons. The molecular weight excluding hydrogens is 158 g/mol. The standard InChI is InChI=1S/C8H15NOS/c1-11-5-3-7-6-9-4-2-8(7)10/h7,9H,2-6H2,1H3. The van der Waals surface area contributed by atoms with Crippen LogP contribution in [-0.4, -0.2) is 30.9 Å². The Labute approximate surface area is 72.1 Å². The normalized spacial score (nSPS) is 25.5. The molecule has 1 aliphatic heterocycles. The van der Waals surface area contributed by atoms with Gasteiger partial charge in [-0.3, -0.25) is 4.79 Å². The van der Waals surface area contributed by atoms with Gasteiger partial charge < -0.3 is 5.32 Å². The van der Waals surface area contributed by atoms with Crippen molar-refractivity contribution in [1.82, 2.24) is 5.32 Å². The van der Waals surface area contributed by atoms with Crippen LogP contribution in [0.2, 0.25) is 0 Å². The first-order valence-electron chi connectivity index (χ1n) is 4.07. The molecule has 3 heteroatoms. The number of nitrogens with one attached hydrogen (secondary N) is 1.